The van der Waals surface area contributed by atoms with Gasteiger partial charge in [0.1, 0.15) is 0 Å². The summed E-state index contributed by atoms with van der Waals surface area (Å²) < 4.78 is 11.2. The molecule has 1 amide bonds. The lowest BCUT2D eigenvalue weighted by molar-refractivity contribution is -0.133. The van der Waals surface area contributed by atoms with Gasteiger partial charge in [-0.05, 0) is 50.1 Å². The highest BCUT2D eigenvalue weighted by Gasteiger charge is 2.23. The summed E-state index contributed by atoms with van der Waals surface area (Å²) in [5.74, 6) is 0.921. The van der Waals surface area contributed by atoms with Gasteiger partial charge < -0.3 is 19.3 Å². The van der Waals surface area contributed by atoms with Gasteiger partial charge in [0.2, 0.25) is 0 Å². The maximum atomic E-state index is 12.6. The molecule has 0 unspecified atom stereocenters. The summed E-state index contributed by atoms with van der Waals surface area (Å²) in [4.78, 5) is 16.8. The number of rotatable bonds is 6. The molecule has 152 valence electrons. The van der Waals surface area contributed by atoms with Crippen LogP contribution in [0.2, 0.25) is 0 Å². The molecule has 2 aromatic carbocycles. The van der Waals surface area contributed by atoms with Crippen molar-refractivity contribution >= 4 is 11.6 Å². The van der Waals surface area contributed by atoms with Gasteiger partial charge >= 0.3 is 0 Å². The number of carbonyl (C=O) groups excluding carboxylic acids is 1. The van der Waals surface area contributed by atoms with Crippen LogP contribution < -0.4 is 14.4 Å². The summed E-state index contributed by atoms with van der Waals surface area (Å²) in [6.45, 7) is 9.48. The zero-order chi connectivity index (χ0) is 20.8. The molecular formula is C23H27N3O3. The van der Waals surface area contributed by atoms with Crippen molar-refractivity contribution in [3.8, 4) is 17.6 Å². The average molecular weight is 393 g/mol. The predicted molar refractivity (Wildman–Crippen MR) is 113 cm³/mol. The first-order valence-corrected chi connectivity index (χ1v) is 9.92. The van der Waals surface area contributed by atoms with Crippen molar-refractivity contribution in [1.82, 2.24) is 4.90 Å². The van der Waals surface area contributed by atoms with E-state index >= 15 is 0 Å². The Morgan fingerprint density at radius 2 is 1.83 bits per heavy atom. The second-order valence-corrected chi connectivity index (χ2v) is 7.08. The van der Waals surface area contributed by atoms with Crippen LogP contribution in [-0.4, -0.2) is 50.2 Å². The Labute approximate surface area is 172 Å². The van der Waals surface area contributed by atoms with Crippen molar-refractivity contribution in [2.45, 2.75) is 20.8 Å². The standard InChI is InChI=1S/C23H27N3O3/c1-4-28-22-14-19(15-24)8-9-21(22)29-16-23(27)26-12-10-25(11-13-26)20-7-5-6-17(2)18(20)3/h5-9,14H,4,10-13,16H2,1-3H3. The molecule has 0 radical (unpaired) electrons. The zero-order valence-electron chi connectivity index (χ0n) is 17.3. The molecule has 1 heterocycles. The van der Waals surface area contributed by atoms with Gasteiger partial charge in [0.15, 0.2) is 18.1 Å². The molecular weight excluding hydrogens is 366 g/mol. The lowest BCUT2D eigenvalue weighted by atomic mass is 10.1. The molecule has 0 aliphatic carbocycles. The molecule has 0 aromatic heterocycles. The van der Waals surface area contributed by atoms with E-state index in [4.69, 9.17) is 14.7 Å². The number of hydrogen-bond donors (Lipinski definition) is 0. The van der Waals surface area contributed by atoms with Crippen LogP contribution >= 0.6 is 0 Å². The van der Waals surface area contributed by atoms with Crippen molar-refractivity contribution in [1.29, 1.82) is 5.26 Å². The Kier molecular flexibility index (Phi) is 6.61. The van der Waals surface area contributed by atoms with Gasteiger partial charge in [0.25, 0.3) is 5.91 Å². The summed E-state index contributed by atoms with van der Waals surface area (Å²) in [5.41, 5.74) is 4.31. The van der Waals surface area contributed by atoms with Crippen LogP contribution in [0.3, 0.4) is 0 Å². The number of carbonyl (C=O) groups is 1. The van der Waals surface area contributed by atoms with Gasteiger partial charge in [-0.15, -0.1) is 0 Å². The lowest BCUT2D eigenvalue weighted by Gasteiger charge is -2.37. The van der Waals surface area contributed by atoms with E-state index in [-0.39, 0.29) is 12.5 Å². The summed E-state index contributed by atoms with van der Waals surface area (Å²) in [7, 11) is 0. The minimum Gasteiger partial charge on any atom is -0.490 e. The van der Waals surface area contributed by atoms with Gasteiger partial charge in [-0.1, -0.05) is 12.1 Å². The fourth-order valence-corrected chi connectivity index (χ4v) is 3.47. The molecule has 0 atom stereocenters. The van der Waals surface area contributed by atoms with Crippen LogP contribution in [-0.2, 0) is 4.79 Å². The highest BCUT2D eigenvalue weighted by atomic mass is 16.5. The van der Waals surface area contributed by atoms with Gasteiger partial charge in [-0.25, -0.2) is 0 Å². The molecule has 0 spiro atoms. The molecule has 2 aromatic rings. The Morgan fingerprint density at radius 3 is 2.52 bits per heavy atom. The van der Waals surface area contributed by atoms with E-state index in [1.807, 2.05) is 11.8 Å². The van der Waals surface area contributed by atoms with Crippen molar-refractivity contribution in [2.24, 2.45) is 0 Å². The third kappa shape index (κ3) is 4.80. The maximum absolute atomic E-state index is 12.6. The minimum atomic E-state index is -0.0462. The first-order chi connectivity index (χ1) is 14.0. The van der Waals surface area contributed by atoms with Gasteiger partial charge in [0.05, 0.1) is 18.2 Å². The average Bonchev–Trinajstić information content (AvgIpc) is 2.75. The molecule has 6 nitrogen and oxygen atoms in total. The van der Waals surface area contributed by atoms with Crippen LogP contribution in [0.25, 0.3) is 0 Å². The Morgan fingerprint density at radius 1 is 1.07 bits per heavy atom. The number of benzene rings is 2. The molecule has 6 heteroatoms. The molecule has 1 fully saturated rings. The zero-order valence-corrected chi connectivity index (χ0v) is 17.3. The monoisotopic (exact) mass is 393 g/mol. The van der Waals surface area contributed by atoms with E-state index in [2.05, 4.69) is 43.0 Å². The molecule has 0 saturated carbocycles. The van der Waals surface area contributed by atoms with Crippen LogP contribution in [0.5, 0.6) is 11.5 Å². The van der Waals surface area contributed by atoms with Crippen LogP contribution in [0.1, 0.15) is 23.6 Å². The minimum absolute atomic E-state index is 0.0441. The molecule has 0 bridgehead atoms. The summed E-state index contributed by atoms with van der Waals surface area (Å²) in [6, 6.07) is 13.4. The van der Waals surface area contributed by atoms with E-state index in [0.717, 1.165) is 13.1 Å². The van der Waals surface area contributed by atoms with Gasteiger partial charge in [-0.3, -0.25) is 4.79 Å². The van der Waals surface area contributed by atoms with Crippen molar-refractivity contribution < 1.29 is 14.3 Å². The van der Waals surface area contributed by atoms with E-state index in [1.165, 1.54) is 16.8 Å². The highest BCUT2D eigenvalue weighted by Crippen LogP contribution is 2.28. The molecule has 3 rings (SSSR count). The molecule has 1 saturated heterocycles. The Balaban J connectivity index is 1.57. The summed E-state index contributed by atoms with van der Waals surface area (Å²) >= 11 is 0. The van der Waals surface area contributed by atoms with E-state index in [1.54, 1.807) is 18.2 Å². The number of nitrogens with zero attached hydrogens (tertiary/aromatic N) is 3. The molecule has 1 aliphatic heterocycles. The van der Waals surface area contributed by atoms with E-state index in [9.17, 15) is 4.79 Å². The van der Waals surface area contributed by atoms with Crippen LogP contribution in [0, 0.1) is 25.2 Å². The number of anilines is 1. The second-order valence-electron chi connectivity index (χ2n) is 7.08. The Bertz CT molecular complexity index is 912. The number of aryl methyl sites for hydroxylation is 1. The normalized spacial score (nSPS) is 13.7. The quantitative estimate of drug-likeness (QED) is 0.753. The fourth-order valence-electron chi connectivity index (χ4n) is 3.47. The maximum Gasteiger partial charge on any atom is 0.260 e. The molecule has 29 heavy (non-hydrogen) atoms. The lowest BCUT2D eigenvalue weighted by Crippen LogP contribution is -2.50. The van der Waals surface area contributed by atoms with Crippen molar-refractivity contribution in [2.75, 3.05) is 44.3 Å². The Hall–Kier alpha value is -3.20. The summed E-state index contributed by atoms with van der Waals surface area (Å²) in [6.07, 6.45) is 0. The number of piperazine rings is 1. The van der Waals surface area contributed by atoms with Gasteiger partial charge in [0, 0.05) is 37.9 Å². The summed E-state index contributed by atoms with van der Waals surface area (Å²) in [5, 5.41) is 9.03. The third-order valence-electron chi connectivity index (χ3n) is 5.27. The second kappa shape index (κ2) is 9.33. The van der Waals surface area contributed by atoms with Crippen molar-refractivity contribution in [3.63, 3.8) is 0 Å². The molecule has 0 N–H and O–H groups in total. The highest BCUT2D eigenvalue weighted by molar-refractivity contribution is 5.78. The fraction of sp³-hybridized carbons (Fsp3) is 0.391. The van der Waals surface area contributed by atoms with E-state index in [0.29, 0.717) is 36.8 Å². The largest absolute Gasteiger partial charge is 0.490 e. The smallest absolute Gasteiger partial charge is 0.260 e. The topological polar surface area (TPSA) is 65.8 Å². The number of ether oxygens (including phenoxy) is 2. The van der Waals surface area contributed by atoms with Crippen molar-refractivity contribution in [3.05, 3.63) is 53.1 Å². The SMILES string of the molecule is CCOc1cc(C#N)ccc1OCC(=O)N1CCN(c2cccc(C)c2C)CC1. The molecule has 1 aliphatic rings. The first-order valence-electron chi connectivity index (χ1n) is 9.92. The van der Waals surface area contributed by atoms with Gasteiger partial charge in [-0.2, -0.15) is 5.26 Å². The first kappa shape index (κ1) is 20.5. The van der Waals surface area contributed by atoms with E-state index < -0.39 is 0 Å². The van der Waals surface area contributed by atoms with Crippen LogP contribution in [0.15, 0.2) is 36.4 Å². The number of nitriles is 1. The van der Waals surface area contributed by atoms with Crippen LogP contribution in [0.4, 0.5) is 5.69 Å². The third-order valence-corrected chi connectivity index (χ3v) is 5.27. The number of hydrogen-bond acceptors (Lipinski definition) is 5. The number of amides is 1. The predicted octanol–water partition coefficient (Wildman–Crippen LogP) is 3.30.